The normalized spacial score (nSPS) is 14.9. The zero-order valence-corrected chi connectivity index (χ0v) is 16.1. The number of hydrogen-bond donors (Lipinski definition) is 0. The minimum absolute atomic E-state index is 0.00729. The maximum absolute atomic E-state index is 13.3. The van der Waals surface area contributed by atoms with Gasteiger partial charge in [-0.3, -0.25) is 9.69 Å². The lowest BCUT2D eigenvalue weighted by atomic mass is 10.1. The van der Waals surface area contributed by atoms with Crippen LogP contribution in [0.25, 0.3) is 10.2 Å². The zero-order valence-electron chi connectivity index (χ0n) is 14.5. The van der Waals surface area contributed by atoms with Crippen molar-refractivity contribution in [3.05, 3.63) is 48.5 Å². The van der Waals surface area contributed by atoms with Gasteiger partial charge in [-0.1, -0.05) is 48.1 Å². The smallest absolute Gasteiger partial charge is 0.274 e. The summed E-state index contributed by atoms with van der Waals surface area (Å²) in [6.45, 7) is 0. The number of thioether (sulfide) groups is 1. The van der Waals surface area contributed by atoms with Crippen molar-refractivity contribution in [2.45, 2.75) is 36.3 Å². The number of thiazole rings is 1. The molecular formula is C20H18F2N2OS2. The number of benzene rings is 2. The van der Waals surface area contributed by atoms with Crippen LogP contribution in [0.1, 0.15) is 25.7 Å². The molecule has 1 amide bonds. The first-order chi connectivity index (χ1) is 13.1. The maximum atomic E-state index is 13.3. The van der Waals surface area contributed by atoms with Crippen molar-refractivity contribution < 1.29 is 13.6 Å². The van der Waals surface area contributed by atoms with Crippen molar-refractivity contribution in [2.75, 3.05) is 4.90 Å². The van der Waals surface area contributed by atoms with Crippen LogP contribution in [0.5, 0.6) is 0 Å². The molecule has 27 heavy (non-hydrogen) atoms. The van der Waals surface area contributed by atoms with E-state index in [2.05, 4.69) is 4.98 Å². The number of hydrogen-bond acceptors (Lipinski definition) is 4. The molecular weight excluding hydrogens is 386 g/mol. The third-order valence-corrected chi connectivity index (χ3v) is 6.46. The summed E-state index contributed by atoms with van der Waals surface area (Å²) in [6.07, 6.45) is 3.90. The summed E-state index contributed by atoms with van der Waals surface area (Å²) >= 11 is 1.97. The number of aromatic nitrogens is 1. The maximum Gasteiger partial charge on any atom is 0.288 e. The van der Waals surface area contributed by atoms with E-state index in [0.29, 0.717) is 27.5 Å². The highest BCUT2D eigenvalue weighted by Crippen LogP contribution is 2.38. The van der Waals surface area contributed by atoms with Gasteiger partial charge in [0.2, 0.25) is 5.91 Å². The highest BCUT2D eigenvalue weighted by atomic mass is 32.2. The molecule has 0 unspecified atom stereocenters. The Labute approximate surface area is 164 Å². The van der Waals surface area contributed by atoms with Gasteiger partial charge in [0.15, 0.2) is 5.13 Å². The number of anilines is 2. The van der Waals surface area contributed by atoms with Gasteiger partial charge in [-0.2, -0.15) is 8.78 Å². The zero-order chi connectivity index (χ0) is 18.8. The number of carbonyl (C=O) groups is 1. The molecule has 0 radical (unpaired) electrons. The van der Waals surface area contributed by atoms with E-state index < -0.39 is 5.76 Å². The summed E-state index contributed by atoms with van der Waals surface area (Å²) in [5.41, 5.74) is 1.52. The number of nitrogens with zero attached hydrogens (tertiary/aromatic N) is 2. The van der Waals surface area contributed by atoms with Gasteiger partial charge in [-0.25, -0.2) is 4.98 Å². The van der Waals surface area contributed by atoms with E-state index in [0.717, 1.165) is 35.9 Å². The van der Waals surface area contributed by atoms with Crippen LogP contribution < -0.4 is 4.90 Å². The predicted octanol–water partition coefficient (Wildman–Crippen LogP) is 6.47. The third-order valence-electron chi connectivity index (χ3n) is 4.72. The molecule has 0 atom stereocenters. The van der Waals surface area contributed by atoms with Gasteiger partial charge >= 0.3 is 0 Å². The van der Waals surface area contributed by atoms with Crippen LogP contribution in [-0.2, 0) is 4.79 Å². The van der Waals surface area contributed by atoms with Crippen LogP contribution in [0.15, 0.2) is 53.4 Å². The van der Waals surface area contributed by atoms with E-state index in [1.807, 2.05) is 24.3 Å². The lowest BCUT2D eigenvalue weighted by Crippen LogP contribution is -2.31. The Kier molecular flexibility index (Phi) is 5.41. The van der Waals surface area contributed by atoms with Gasteiger partial charge < -0.3 is 0 Å². The van der Waals surface area contributed by atoms with Crippen molar-refractivity contribution in [1.82, 2.24) is 4.98 Å². The second-order valence-corrected chi connectivity index (χ2v) is 8.56. The van der Waals surface area contributed by atoms with Gasteiger partial charge in [0.1, 0.15) is 0 Å². The fraction of sp³-hybridized carbons (Fsp3) is 0.300. The van der Waals surface area contributed by atoms with Crippen LogP contribution in [0.2, 0.25) is 0 Å². The Hall–Kier alpha value is -1.99. The Balaban J connectivity index is 1.72. The monoisotopic (exact) mass is 404 g/mol. The van der Waals surface area contributed by atoms with Gasteiger partial charge in [0, 0.05) is 10.8 Å². The molecule has 3 aromatic rings. The van der Waals surface area contributed by atoms with Crippen molar-refractivity contribution >= 4 is 50.0 Å². The largest absolute Gasteiger partial charge is 0.288 e. The third kappa shape index (κ3) is 3.99. The van der Waals surface area contributed by atoms with Crippen LogP contribution in [-0.4, -0.2) is 16.6 Å². The number of fused-ring (bicyclic) bond motifs is 1. The van der Waals surface area contributed by atoms with Crippen molar-refractivity contribution in [2.24, 2.45) is 5.92 Å². The van der Waals surface area contributed by atoms with Crippen LogP contribution in [0, 0.1) is 5.92 Å². The molecule has 0 aliphatic heterocycles. The number of alkyl halides is 2. The standard InChI is InChI=1S/C20H18F2N2OS2/c21-19(22)26-15-11-9-14(10-12-15)24(18(25)13-5-1-2-6-13)20-23-16-7-3-4-8-17(16)27-20/h3-4,7-13,19H,1-2,5-6H2. The highest BCUT2D eigenvalue weighted by Gasteiger charge is 2.31. The highest BCUT2D eigenvalue weighted by molar-refractivity contribution is 7.99. The Morgan fingerprint density at radius 3 is 2.48 bits per heavy atom. The van der Waals surface area contributed by atoms with Crippen LogP contribution >= 0.6 is 23.1 Å². The lowest BCUT2D eigenvalue weighted by molar-refractivity contribution is -0.121. The van der Waals surface area contributed by atoms with Crippen molar-refractivity contribution in [3.63, 3.8) is 0 Å². The SMILES string of the molecule is O=C(C1CCCC1)N(c1ccc(SC(F)F)cc1)c1nc2ccccc2s1. The number of para-hydroxylation sites is 1. The van der Waals surface area contributed by atoms with Crippen LogP contribution in [0.3, 0.4) is 0 Å². The summed E-state index contributed by atoms with van der Waals surface area (Å²) < 4.78 is 26.2. The average molecular weight is 405 g/mol. The first kappa shape index (κ1) is 18.4. The van der Waals surface area contributed by atoms with Gasteiger partial charge in [0.25, 0.3) is 5.76 Å². The number of amides is 1. The van der Waals surface area contributed by atoms with E-state index >= 15 is 0 Å². The molecule has 1 fully saturated rings. The average Bonchev–Trinajstić information content (AvgIpc) is 3.32. The second kappa shape index (κ2) is 7.94. The summed E-state index contributed by atoms with van der Waals surface area (Å²) in [6, 6.07) is 14.5. The molecule has 1 heterocycles. The summed E-state index contributed by atoms with van der Waals surface area (Å²) in [7, 11) is 0. The predicted molar refractivity (Wildman–Crippen MR) is 107 cm³/mol. The number of carbonyl (C=O) groups excluding carboxylic acids is 1. The summed E-state index contributed by atoms with van der Waals surface area (Å²) in [5, 5.41) is 0.627. The fourth-order valence-corrected chi connectivity index (χ4v) is 4.91. The molecule has 3 nitrogen and oxygen atoms in total. The van der Waals surface area contributed by atoms with E-state index in [-0.39, 0.29) is 11.8 Å². The Bertz CT molecular complexity index is 904. The molecule has 1 aromatic heterocycles. The molecule has 1 aliphatic carbocycles. The minimum Gasteiger partial charge on any atom is -0.274 e. The molecule has 0 spiro atoms. The molecule has 0 N–H and O–H groups in total. The first-order valence-corrected chi connectivity index (χ1v) is 10.6. The lowest BCUT2D eigenvalue weighted by Gasteiger charge is -2.23. The number of halogens is 2. The molecule has 1 saturated carbocycles. The molecule has 140 valence electrons. The van der Waals surface area contributed by atoms with E-state index in [9.17, 15) is 13.6 Å². The second-order valence-electron chi connectivity index (χ2n) is 6.49. The molecule has 7 heteroatoms. The summed E-state index contributed by atoms with van der Waals surface area (Å²) in [4.78, 5) is 20.0. The van der Waals surface area contributed by atoms with Crippen molar-refractivity contribution in [1.29, 1.82) is 0 Å². The summed E-state index contributed by atoms with van der Waals surface area (Å²) in [5.74, 6) is -2.43. The van der Waals surface area contributed by atoms with E-state index in [4.69, 9.17) is 0 Å². The Morgan fingerprint density at radius 1 is 1.11 bits per heavy atom. The van der Waals surface area contributed by atoms with Gasteiger partial charge in [-0.05, 0) is 49.2 Å². The molecule has 0 saturated heterocycles. The molecule has 2 aromatic carbocycles. The van der Waals surface area contributed by atoms with Gasteiger partial charge in [0.05, 0.1) is 15.9 Å². The van der Waals surface area contributed by atoms with E-state index in [1.54, 1.807) is 29.2 Å². The van der Waals surface area contributed by atoms with Gasteiger partial charge in [-0.15, -0.1) is 0 Å². The molecule has 4 rings (SSSR count). The van der Waals surface area contributed by atoms with Crippen molar-refractivity contribution in [3.8, 4) is 0 Å². The first-order valence-electron chi connectivity index (χ1n) is 8.86. The van der Waals surface area contributed by atoms with Crippen LogP contribution in [0.4, 0.5) is 19.6 Å². The minimum atomic E-state index is -2.46. The van der Waals surface area contributed by atoms with E-state index in [1.165, 1.54) is 11.3 Å². The number of rotatable bonds is 5. The quantitative estimate of drug-likeness (QED) is 0.457. The molecule has 0 bridgehead atoms. The molecule has 1 aliphatic rings. The fourth-order valence-electron chi connectivity index (χ4n) is 3.42. The Morgan fingerprint density at radius 2 is 1.81 bits per heavy atom. The topological polar surface area (TPSA) is 33.2 Å².